The molecule has 4 rings (SSSR count). The molecule has 0 spiro atoms. The second-order valence-corrected chi connectivity index (χ2v) is 6.66. The monoisotopic (exact) mass is 376 g/mol. The van der Waals surface area contributed by atoms with E-state index in [0.717, 1.165) is 20.9 Å². The minimum atomic E-state index is -0.502. The first-order chi connectivity index (χ1) is 13.1. The smallest absolute Gasteiger partial charge is 0.269 e. The molecular formula is C19H12N4O3S. The first-order valence-electron chi connectivity index (χ1n) is 7.98. The van der Waals surface area contributed by atoms with Crippen molar-refractivity contribution in [3.63, 3.8) is 0 Å². The number of benzene rings is 2. The Kier molecular flexibility index (Phi) is 4.31. The van der Waals surface area contributed by atoms with E-state index < -0.39 is 4.92 Å². The third-order valence-corrected chi connectivity index (χ3v) is 4.92. The van der Waals surface area contributed by atoms with Gasteiger partial charge < -0.3 is 5.32 Å². The number of anilines is 1. The molecule has 0 atom stereocenters. The zero-order chi connectivity index (χ0) is 18.8. The second-order valence-electron chi connectivity index (χ2n) is 5.68. The predicted molar refractivity (Wildman–Crippen MR) is 104 cm³/mol. The molecular weight excluding hydrogens is 364 g/mol. The molecule has 2 aromatic heterocycles. The standard InChI is InChI=1S/C19H12N4O3S/c24-17(12-5-9-15(10-6-12)23(25)26)21-14-7-3-13(4-8-14)18-22-16-2-1-11-20-19(16)27-18/h1-11H,(H,21,24). The van der Waals surface area contributed by atoms with E-state index in [4.69, 9.17) is 0 Å². The molecule has 132 valence electrons. The minimum absolute atomic E-state index is 0.0544. The van der Waals surface area contributed by atoms with Gasteiger partial charge in [-0.2, -0.15) is 0 Å². The van der Waals surface area contributed by atoms with E-state index in [2.05, 4.69) is 15.3 Å². The number of thiazole rings is 1. The lowest BCUT2D eigenvalue weighted by molar-refractivity contribution is -0.384. The molecule has 0 saturated carbocycles. The maximum atomic E-state index is 12.3. The molecule has 0 aliphatic heterocycles. The van der Waals surface area contributed by atoms with Crippen LogP contribution in [0.3, 0.4) is 0 Å². The molecule has 4 aromatic rings. The summed E-state index contributed by atoms with van der Waals surface area (Å²) in [7, 11) is 0. The molecule has 0 fully saturated rings. The van der Waals surface area contributed by atoms with Crippen LogP contribution in [0.15, 0.2) is 66.9 Å². The van der Waals surface area contributed by atoms with Crippen molar-refractivity contribution in [2.24, 2.45) is 0 Å². The lowest BCUT2D eigenvalue weighted by Crippen LogP contribution is -2.11. The van der Waals surface area contributed by atoms with E-state index in [-0.39, 0.29) is 11.6 Å². The van der Waals surface area contributed by atoms with Gasteiger partial charge in [0, 0.05) is 35.1 Å². The predicted octanol–water partition coefficient (Wildman–Crippen LogP) is 4.52. The summed E-state index contributed by atoms with van der Waals surface area (Å²) in [5.41, 5.74) is 2.71. The van der Waals surface area contributed by atoms with Crippen LogP contribution in [0.5, 0.6) is 0 Å². The highest BCUT2D eigenvalue weighted by Gasteiger charge is 2.11. The van der Waals surface area contributed by atoms with Gasteiger partial charge in [0.25, 0.3) is 11.6 Å². The Morgan fingerprint density at radius 3 is 2.44 bits per heavy atom. The molecule has 0 bridgehead atoms. The van der Waals surface area contributed by atoms with Crippen molar-refractivity contribution in [1.29, 1.82) is 0 Å². The van der Waals surface area contributed by atoms with Crippen molar-refractivity contribution in [3.05, 3.63) is 82.5 Å². The van der Waals surface area contributed by atoms with Gasteiger partial charge in [0.15, 0.2) is 0 Å². The van der Waals surface area contributed by atoms with Crippen LogP contribution in [0.4, 0.5) is 11.4 Å². The summed E-state index contributed by atoms with van der Waals surface area (Å²) in [6.45, 7) is 0. The summed E-state index contributed by atoms with van der Waals surface area (Å²) >= 11 is 1.51. The Labute approximate surface area is 157 Å². The van der Waals surface area contributed by atoms with Gasteiger partial charge in [-0.25, -0.2) is 9.97 Å². The molecule has 0 aliphatic carbocycles. The number of fused-ring (bicyclic) bond motifs is 1. The fourth-order valence-electron chi connectivity index (χ4n) is 2.53. The van der Waals surface area contributed by atoms with Gasteiger partial charge in [-0.3, -0.25) is 14.9 Å². The Bertz CT molecular complexity index is 1100. The van der Waals surface area contributed by atoms with Crippen molar-refractivity contribution < 1.29 is 9.72 Å². The van der Waals surface area contributed by atoms with Crippen LogP contribution < -0.4 is 5.32 Å². The number of hydrogen-bond donors (Lipinski definition) is 1. The van der Waals surface area contributed by atoms with Crippen molar-refractivity contribution in [1.82, 2.24) is 9.97 Å². The van der Waals surface area contributed by atoms with E-state index >= 15 is 0 Å². The SMILES string of the molecule is O=C(Nc1ccc(-c2nc3cccnc3s2)cc1)c1ccc([N+](=O)[O-])cc1. The van der Waals surface area contributed by atoms with Gasteiger partial charge in [-0.05, 0) is 48.5 Å². The topological polar surface area (TPSA) is 98.0 Å². The molecule has 1 N–H and O–H groups in total. The molecule has 2 aromatic carbocycles. The number of hydrogen-bond acceptors (Lipinski definition) is 6. The zero-order valence-electron chi connectivity index (χ0n) is 13.8. The second kappa shape index (κ2) is 6.93. The molecule has 8 heteroatoms. The first kappa shape index (κ1) is 16.8. The number of carbonyl (C=O) groups excluding carboxylic acids is 1. The van der Waals surface area contributed by atoms with Crippen molar-refractivity contribution in [2.45, 2.75) is 0 Å². The van der Waals surface area contributed by atoms with Crippen molar-refractivity contribution in [3.8, 4) is 10.6 Å². The number of nitro groups is 1. The highest BCUT2D eigenvalue weighted by Crippen LogP contribution is 2.29. The van der Waals surface area contributed by atoms with Gasteiger partial charge in [0.2, 0.25) is 0 Å². The molecule has 0 radical (unpaired) electrons. The van der Waals surface area contributed by atoms with Crippen LogP contribution >= 0.6 is 11.3 Å². The summed E-state index contributed by atoms with van der Waals surface area (Å²) < 4.78 is 0. The number of rotatable bonds is 4. The summed E-state index contributed by atoms with van der Waals surface area (Å²) in [6, 6.07) is 16.6. The fraction of sp³-hybridized carbons (Fsp3) is 0. The Hall–Kier alpha value is -3.65. The summed E-state index contributed by atoms with van der Waals surface area (Å²) in [6.07, 6.45) is 1.74. The maximum Gasteiger partial charge on any atom is 0.269 e. The summed E-state index contributed by atoms with van der Waals surface area (Å²) in [5, 5.41) is 14.3. The quantitative estimate of drug-likeness (QED) is 0.417. The van der Waals surface area contributed by atoms with E-state index in [9.17, 15) is 14.9 Å². The Morgan fingerprint density at radius 2 is 1.78 bits per heavy atom. The van der Waals surface area contributed by atoms with Crippen LogP contribution in [0, 0.1) is 10.1 Å². The summed E-state index contributed by atoms with van der Waals surface area (Å²) in [5.74, 6) is -0.332. The maximum absolute atomic E-state index is 12.3. The van der Waals surface area contributed by atoms with Gasteiger partial charge in [0.1, 0.15) is 15.4 Å². The molecule has 27 heavy (non-hydrogen) atoms. The van der Waals surface area contributed by atoms with Crippen LogP contribution in [-0.2, 0) is 0 Å². The van der Waals surface area contributed by atoms with Crippen LogP contribution in [0.25, 0.3) is 20.9 Å². The van der Waals surface area contributed by atoms with Gasteiger partial charge in [-0.1, -0.05) is 11.3 Å². The van der Waals surface area contributed by atoms with Gasteiger partial charge in [-0.15, -0.1) is 0 Å². The number of nitrogens with zero attached hydrogens (tertiary/aromatic N) is 3. The third kappa shape index (κ3) is 3.51. The lowest BCUT2D eigenvalue weighted by atomic mass is 10.1. The molecule has 0 aliphatic rings. The normalized spacial score (nSPS) is 10.7. The molecule has 1 amide bonds. The number of nitrogens with one attached hydrogen (secondary N) is 1. The van der Waals surface area contributed by atoms with Crippen LogP contribution in [0.1, 0.15) is 10.4 Å². The third-order valence-electron chi connectivity index (χ3n) is 3.90. The molecule has 0 saturated heterocycles. The van der Waals surface area contributed by atoms with Crippen molar-refractivity contribution >= 4 is 39.0 Å². The number of non-ortho nitro benzene ring substituents is 1. The van der Waals surface area contributed by atoms with Crippen LogP contribution in [-0.4, -0.2) is 20.8 Å². The zero-order valence-corrected chi connectivity index (χ0v) is 14.6. The molecule has 0 unspecified atom stereocenters. The van der Waals surface area contributed by atoms with E-state index in [1.54, 1.807) is 18.3 Å². The van der Waals surface area contributed by atoms with Gasteiger partial charge >= 0.3 is 0 Å². The van der Waals surface area contributed by atoms with E-state index in [1.165, 1.54) is 35.6 Å². The Morgan fingerprint density at radius 1 is 1.04 bits per heavy atom. The van der Waals surface area contributed by atoms with E-state index in [1.807, 2.05) is 24.3 Å². The van der Waals surface area contributed by atoms with Crippen LogP contribution in [0.2, 0.25) is 0 Å². The first-order valence-corrected chi connectivity index (χ1v) is 8.79. The lowest BCUT2D eigenvalue weighted by Gasteiger charge is -2.06. The number of pyridine rings is 1. The average molecular weight is 376 g/mol. The number of nitro benzene ring substituents is 1. The van der Waals surface area contributed by atoms with E-state index in [0.29, 0.717) is 11.3 Å². The largest absolute Gasteiger partial charge is 0.322 e. The number of amides is 1. The summed E-state index contributed by atoms with van der Waals surface area (Å²) in [4.78, 5) is 32.2. The fourth-order valence-corrected chi connectivity index (χ4v) is 3.44. The average Bonchev–Trinajstić information content (AvgIpc) is 3.13. The highest BCUT2D eigenvalue weighted by molar-refractivity contribution is 7.21. The van der Waals surface area contributed by atoms with Crippen molar-refractivity contribution in [2.75, 3.05) is 5.32 Å². The number of aromatic nitrogens is 2. The highest BCUT2D eigenvalue weighted by atomic mass is 32.1. The molecule has 2 heterocycles. The van der Waals surface area contributed by atoms with Gasteiger partial charge in [0.05, 0.1) is 4.92 Å². The molecule has 7 nitrogen and oxygen atoms in total. The number of carbonyl (C=O) groups is 1. The minimum Gasteiger partial charge on any atom is -0.322 e. The Balaban J connectivity index is 1.50.